The molecule has 6 nitrogen and oxygen atoms in total. The summed E-state index contributed by atoms with van der Waals surface area (Å²) in [5.74, 6) is 0.891. The molecule has 1 saturated heterocycles. The molecule has 0 aliphatic carbocycles. The Balaban J connectivity index is 1.28. The van der Waals surface area contributed by atoms with Crippen LogP contribution in [-0.2, 0) is 16.1 Å². The van der Waals surface area contributed by atoms with E-state index in [0.29, 0.717) is 19.4 Å². The van der Waals surface area contributed by atoms with Crippen LogP contribution in [0.3, 0.4) is 0 Å². The first kappa shape index (κ1) is 23.5. The van der Waals surface area contributed by atoms with Crippen molar-refractivity contribution in [1.29, 1.82) is 0 Å². The lowest BCUT2D eigenvalue weighted by molar-refractivity contribution is -0.123. The molecule has 1 atom stereocenters. The topological polar surface area (TPSA) is 64.4 Å². The SMILES string of the molecule is COc1cccc(N2CCC(CC(=O)Cn3nc(-c4ccccc4)cc3-c3ccccc3)CC2=O)c1. The predicted molar refractivity (Wildman–Crippen MR) is 141 cm³/mol. The average Bonchev–Trinajstić information content (AvgIpc) is 3.33. The van der Waals surface area contributed by atoms with E-state index in [-0.39, 0.29) is 24.2 Å². The van der Waals surface area contributed by atoms with Gasteiger partial charge in [0.15, 0.2) is 5.78 Å². The zero-order valence-corrected chi connectivity index (χ0v) is 20.3. The van der Waals surface area contributed by atoms with Gasteiger partial charge in [0.2, 0.25) is 5.91 Å². The Hall–Kier alpha value is -4.19. The first-order valence-electron chi connectivity index (χ1n) is 12.3. The summed E-state index contributed by atoms with van der Waals surface area (Å²) in [6.45, 7) is 0.778. The van der Waals surface area contributed by atoms with E-state index in [1.54, 1.807) is 16.7 Å². The van der Waals surface area contributed by atoms with E-state index in [4.69, 9.17) is 9.84 Å². The third kappa shape index (κ3) is 5.23. The van der Waals surface area contributed by atoms with Crippen molar-refractivity contribution in [2.45, 2.75) is 25.8 Å². The molecule has 1 aliphatic rings. The van der Waals surface area contributed by atoms with Crippen LogP contribution in [0.2, 0.25) is 0 Å². The standard InChI is InChI=1S/C30H29N3O3/c1-36-27-14-8-13-25(19-27)32-16-15-22(18-30(32)35)17-26(34)21-33-29(24-11-6-3-7-12-24)20-28(31-33)23-9-4-2-5-10-23/h2-14,19-20,22H,15-18,21H2,1H3. The molecule has 0 spiro atoms. The summed E-state index contributed by atoms with van der Waals surface area (Å²) >= 11 is 0. The number of hydrogen-bond donors (Lipinski definition) is 0. The zero-order chi connectivity index (χ0) is 24.9. The van der Waals surface area contributed by atoms with Gasteiger partial charge >= 0.3 is 0 Å². The summed E-state index contributed by atoms with van der Waals surface area (Å²) < 4.78 is 7.09. The molecule has 0 N–H and O–H groups in total. The highest BCUT2D eigenvalue weighted by atomic mass is 16.5. The second kappa shape index (κ2) is 10.6. The Morgan fingerprint density at radius 2 is 1.67 bits per heavy atom. The van der Waals surface area contributed by atoms with Gasteiger partial charge in [-0.25, -0.2) is 0 Å². The van der Waals surface area contributed by atoms with E-state index in [2.05, 4.69) is 0 Å². The summed E-state index contributed by atoms with van der Waals surface area (Å²) in [4.78, 5) is 27.8. The summed E-state index contributed by atoms with van der Waals surface area (Å²) in [6, 6.07) is 29.5. The number of ketones is 1. The van der Waals surface area contributed by atoms with E-state index in [1.165, 1.54) is 0 Å². The van der Waals surface area contributed by atoms with Crippen LogP contribution in [0.5, 0.6) is 5.75 Å². The van der Waals surface area contributed by atoms with Gasteiger partial charge in [-0.3, -0.25) is 14.3 Å². The molecule has 36 heavy (non-hydrogen) atoms. The van der Waals surface area contributed by atoms with Gasteiger partial charge in [0.25, 0.3) is 0 Å². The van der Waals surface area contributed by atoms with Crippen LogP contribution in [0.1, 0.15) is 19.3 Å². The lowest BCUT2D eigenvalue weighted by Gasteiger charge is -2.31. The third-order valence-electron chi connectivity index (χ3n) is 6.65. The lowest BCUT2D eigenvalue weighted by Crippen LogP contribution is -2.39. The van der Waals surface area contributed by atoms with Crippen molar-refractivity contribution >= 4 is 17.4 Å². The number of amides is 1. The third-order valence-corrected chi connectivity index (χ3v) is 6.65. The maximum Gasteiger partial charge on any atom is 0.227 e. The van der Waals surface area contributed by atoms with Crippen molar-refractivity contribution in [3.8, 4) is 28.3 Å². The number of aromatic nitrogens is 2. The molecule has 1 aliphatic heterocycles. The highest BCUT2D eigenvalue weighted by Crippen LogP contribution is 2.30. The van der Waals surface area contributed by atoms with Gasteiger partial charge in [-0.1, -0.05) is 66.7 Å². The number of carbonyl (C=O) groups excluding carboxylic acids is 2. The van der Waals surface area contributed by atoms with Crippen molar-refractivity contribution in [3.05, 3.63) is 91.0 Å². The van der Waals surface area contributed by atoms with E-state index in [9.17, 15) is 9.59 Å². The van der Waals surface area contributed by atoms with Gasteiger partial charge < -0.3 is 9.64 Å². The molecule has 1 fully saturated rings. The number of rotatable bonds is 8. The number of hydrogen-bond acceptors (Lipinski definition) is 4. The minimum absolute atomic E-state index is 0.0381. The minimum Gasteiger partial charge on any atom is -0.497 e. The molecule has 5 rings (SSSR count). The molecule has 0 saturated carbocycles. The normalized spacial score (nSPS) is 15.6. The maximum absolute atomic E-state index is 13.1. The number of Topliss-reactive ketones (excluding diaryl/α,β-unsaturated/α-hetero) is 1. The average molecular weight is 480 g/mol. The number of ether oxygens (including phenoxy) is 1. The van der Waals surface area contributed by atoms with Crippen LogP contribution in [0.25, 0.3) is 22.5 Å². The van der Waals surface area contributed by atoms with Crippen molar-refractivity contribution in [3.63, 3.8) is 0 Å². The van der Waals surface area contributed by atoms with Crippen molar-refractivity contribution in [2.75, 3.05) is 18.6 Å². The van der Waals surface area contributed by atoms with Crippen LogP contribution in [-0.4, -0.2) is 35.1 Å². The number of benzene rings is 3. The van der Waals surface area contributed by atoms with E-state index in [0.717, 1.165) is 40.4 Å². The van der Waals surface area contributed by atoms with Crippen LogP contribution in [0.15, 0.2) is 91.0 Å². The zero-order valence-electron chi connectivity index (χ0n) is 20.3. The largest absolute Gasteiger partial charge is 0.497 e. The van der Waals surface area contributed by atoms with Gasteiger partial charge in [-0.15, -0.1) is 0 Å². The molecular formula is C30H29N3O3. The first-order valence-corrected chi connectivity index (χ1v) is 12.3. The maximum atomic E-state index is 13.1. The van der Waals surface area contributed by atoms with Crippen molar-refractivity contribution < 1.29 is 14.3 Å². The summed E-state index contributed by atoms with van der Waals surface area (Å²) in [6.07, 6.45) is 1.52. The smallest absolute Gasteiger partial charge is 0.227 e. The molecule has 1 unspecified atom stereocenters. The first-order chi connectivity index (χ1) is 17.6. The second-order valence-electron chi connectivity index (χ2n) is 9.15. The number of anilines is 1. The molecule has 1 aromatic heterocycles. The fourth-order valence-electron chi connectivity index (χ4n) is 4.80. The van der Waals surface area contributed by atoms with Crippen LogP contribution >= 0.6 is 0 Å². The molecule has 2 heterocycles. The van der Waals surface area contributed by atoms with Crippen LogP contribution in [0, 0.1) is 5.92 Å². The lowest BCUT2D eigenvalue weighted by atomic mass is 9.91. The number of nitrogens with zero attached hydrogens (tertiary/aromatic N) is 3. The highest BCUT2D eigenvalue weighted by molar-refractivity contribution is 5.95. The fraction of sp³-hybridized carbons (Fsp3) is 0.233. The van der Waals surface area contributed by atoms with E-state index < -0.39 is 0 Å². The number of methoxy groups -OCH3 is 1. The van der Waals surface area contributed by atoms with Gasteiger partial charge in [0.05, 0.1) is 18.5 Å². The van der Waals surface area contributed by atoms with Crippen molar-refractivity contribution in [1.82, 2.24) is 9.78 Å². The Bertz CT molecular complexity index is 1350. The number of carbonyl (C=O) groups is 2. The molecule has 0 radical (unpaired) electrons. The van der Waals surface area contributed by atoms with E-state index >= 15 is 0 Å². The minimum atomic E-state index is 0.0381. The molecule has 182 valence electrons. The van der Waals surface area contributed by atoms with Gasteiger partial charge in [0, 0.05) is 36.7 Å². The Morgan fingerprint density at radius 1 is 0.944 bits per heavy atom. The summed E-state index contributed by atoms with van der Waals surface area (Å²) in [5, 5.41) is 4.78. The molecule has 0 bridgehead atoms. The quantitative estimate of drug-likeness (QED) is 0.329. The van der Waals surface area contributed by atoms with Gasteiger partial charge in [-0.05, 0) is 36.1 Å². The Kier molecular flexibility index (Phi) is 6.94. The van der Waals surface area contributed by atoms with Gasteiger partial charge in [0.1, 0.15) is 12.3 Å². The van der Waals surface area contributed by atoms with Crippen LogP contribution < -0.4 is 9.64 Å². The van der Waals surface area contributed by atoms with Gasteiger partial charge in [-0.2, -0.15) is 5.10 Å². The highest BCUT2D eigenvalue weighted by Gasteiger charge is 2.28. The van der Waals surface area contributed by atoms with E-state index in [1.807, 2.05) is 91.0 Å². The molecule has 4 aromatic rings. The second-order valence-corrected chi connectivity index (χ2v) is 9.15. The summed E-state index contributed by atoms with van der Waals surface area (Å²) in [7, 11) is 1.62. The predicted octanol–water partition coefficient (Wildman–Crippen LogP) is 5.63. The fourth-order valence-corrected chi connectivity index (χ4v) is 4.80. The van der Waals surface area contributed by atoms with Crippen LogP contribution in [0.4, 0.5) is 5.69 Å². The molecule has 1 amide bonds. The van der Waals surface area contributed by atoms with Crippen molar-refractivity contribution in [2.24, 2.45) is 5.92 Å². The molecule has 3 aromatic carbocycles. The molecular weight excluding hydrogens is 450 g/mol. The Labute approximate surface area is 211 Å². The monoisotopic (exact) mass is 479 g/mol. The Morgan fingerprint density at radius 3 is 2.36 bits per heavy atom. The summed E-state index contributed by atoms with van der Waals surface area (Å²) in [5.41, 5.74) is 4.61. The number of piperidine rings is 1. The molecule has 6 heteroatoms.